The first kappa shape index (κ1) is 25.3. The van der Waals surface area contributed by atoms with Gasteiger partial charge in [0, 0.05) is 32.7 Å². The lowest BCUT2D eigenvalue weighted by Gasteiger charge is -2.11. The van der Waals surface area contributed by atoms with Crippen molar-refractivity contribution in [2.24, 2.45) is 0 Å². The number of halogens is 2. The Morgan fingerprint density at radius 1 is 1.03 bits per heavy atom. The summed E-state index contributed by atoms with van der Waals surface area (Å²) in [4.78, 5) is 39.6. The molecule has 5 rings (SSSR count). The molecule has 0 radical (unpaired) electrons. The number of hydrogen-bond acceptors (Lipinski definition) is 5. The fraction of sp³-hybridized carbons (Fsp3) is 0.107. The number of Topliss-reactive ketones (excluding diaryl/α,β-unsaturated/α-hetero) is 1. The third-order valence-corrected chi connectivity index (χ3v) is 7.57. The lowest BCUT2D eigenvalue weighted by molar-refractivity contribution is -0.122. The molecule has 1 aliphatic rings. The SMILES string of the molecule is O=C(CN1C(=O)S/C(=C\c2cn(CCOc3ccccc3Cl)c3ccc(Br)cc23)C1=O)c1ccccc1. The number of ketones is 1. The number of benzene rings is 3. The maximum Gasteiger partial charge on any atom is 0.293 e. The highest BCUT2D eigenvalue weighted by atomic mass is 79.9. The van der Waals surface area contributed by atoms with Crippen molar-refractivity contribution in [2.45, 2.75) is 6.54 Å². The van der Waals surface area contributed by atoms with Crippen molar-refractivity contribution < 1.29 is 19.1 Å². The van der Waals surface area contributed by atoms with Crippen LogP contribution in [-0.4, -0.2) is 39.5 Å². The minimum absolute atomic E-state index is 0.275. The summed E-state index contributed by atoms with van der Waals surface area (Å²) < 4.78 is 8.78. The molecule has 0 bridgehead atoms. The summed E-state index contributed by atoms with van der Waals surface area (Å²) >= 11 is 10.5. The summed E-state index contributed by atoms with van der Waals surface area (Å²) in [5, 5.41) is 1.00. The van der Waals surface area contributed by atoms with E-state index in [0.29, 0.717) is 29.5 Å². The van der Waals surface area contributed by atoms with Gasteiger partial charge in [0.15, 0.2) is 5.78 Å². The van der Waals surface area contributed by atoms with Gasteiger partial charge < -0.3 is 9.30 Å². The van der Waals surface area contributed by atoms with E-state index in [2.05, 4.69) is 15.9 Å². The number of fused-ring (bicyclic) bond motifs is 1. The zero-order valence-electron chi connectivity index (χ0n) is 19.4. The fourth-order valence-corrected chi connectivity index (χ4v) is 5.43. The molecule has 1 fully saturated rings. The van der Waals surface area contributed by atoms with Gasteiger partial charge in [-0.15, -0.1) is 0 Å². The first-order chi connectivity index (χ1) is 17.9. The largest absolute Gasteiger partial charge is 0.490 e. The lowest BCUT2D eigenvalue weighted by atomic mass is 10.1. The summed E-state index contributed by atoms with van der Waals surface area (Å²) in [7, 11) is 0. The number of aromatic nitrogens is 1. The Balaban J connectivity index is 1.38. The predicted octanol–water partition coefficient (Wildman–Crippen LogP) is 7.06. The van der Waals surface area contributed by atoms with E-state index in [9.17, 15) is 14.4 Å². The van der Waals surface area contributed by atoms with E-state index in [0.717, 1.165) is 37.6 Å². The minimum atomic E-state index is -0.475. The predicted molar refractivity (Wildman–Crippen MR) is 150 cm³/mol. The Morgan fingerprint density at radius 2 is 1.78 bits per heavy atom. The zero-order valence-corrected chi connectivity index (χ0v) is 22.6. The maximum atomic E-state index is 13.1. The van der Waals surface area contributed by atoms with Crippen LogP contribution in [0.5, 0.6) is 5.75 Å². The lowest BCUT2D eigenvalue weighted by Crippen LogP contribution is -2.33. The topological polar surface area (TPSA) is 68.6 Å². The van der Waals surface area contributed by atoms with Crippen LogP contribution in [0.3, 0.4) is 0 Å². The number of hydrogen-bond donors (Lipinski definition) is 0. The molecule has 6 nitrogen and oxygen atoms in total. The molecule has 0 atom stereocenters. The van der Waals surface area contributed by atoms with Crippen molar-refractivity contribution in [2.75, 3.05) is 13.2 Å². The van der Waals surface area contributed by atoms with Crippen LogP contribution in [-0.2, 0) is 11.3 Å². The van der Waals surface area contributed by atoms with Crippen molar-refractivity contribution >= 4 is 73.2 Å². The van der Waals surface area contributed by atoms with Crippen LogP contribution < -0.4 is 4.74 Å². The third kappa shape index (κ3) is 5.51. The second-order valence-corrected chi connectivity index (χ2v) is 10.6. The van der Waals surface area contributed by atoms with Gasteiger partial charge in [0.05, 0.1) is 23.0 Å². The van der Waals surface area contributed by atoms with Crippen molar-refractivity contribution in [1.82, 2.24) is 9.47 Å². The number of nitrogens with zero attached hydrogens (tertiary/aromatic N) is 2. The molecule has 0 unspecified atom stereocenters. The van der Waals surface area contributed by atoms with Crippen LogP contribution >= 0.6 is 39.3 Å². The number of ether oxygens (including phenoxy) is 1. The van der Waals surface area contributed by atoms with E-state index in [1.807, 2.05) is 47.2 Å². The molecule has 186 valence electrons. The average molecular weight is 596 g/mol. The van der Waals surface area contributed by atoms with Gasteiger partial charge >= 0.3 is 0 Å². The highest BCUT2D eigenvalue weighted by molar-refractivity contribution is 9.10. The van der Waals surface area contributed by atoms with Gasteiger partial charge in [0.2, 0.25) is 0 Å². The van der Waals surface area contributed by atoms with Gasteiger partial charge in [-0.3, -0.25) is 19.3 Å². The van der Waals surface area contributed by atoms with Gasteiger partial charge in [-0.25, -0.2) is 0 Å². The number of imide groups is 1. The van der Waals surface area contributed by atoms with E-state index < -0.39 is 11.1 Å². The number of rotatable bonds is 8. The van der Waals surface area contributed by atoms with Gasteiger partial charge in [-0.2, -0.15) is 0 Å². The molecule has 2 heterocycles. The van der Waals surface area contributed by atoms with Crippen molar-refractivity contribution in [3.8, 4) is 5.75 Å². The Kier molecular flexibility index (Phi) is 7.50. The van der Waals surface area contributed by atoms with Crippen molar-refractivity contribution in [3.63, 3.8) is 0 Å². The van der Waals surface area contributed by atoms with Gasteiger partial charge in [-0.05, 0) is 48.2 Å². The standard InChI is InChI=1S/C28H20BrClN2O4S/c29-20-10-11-23-21(15-20)19(16-31(23)12-13-36-25-9-5-4-8-22(25)30)14-26-27(34)32(28(35)37-26)17-24(33)18-6-2-1-3-7-18/h1-11,14-16H,12-13,17H2/b26-14-. The smallest absolute Gasteiger partial charge is 0.293 e. The number of thioether (sulfide) groups is 1. The summed E-state index contributed by atoms with van der Waals surface area (Å²) in [5.41, 5.74) is 2.20. The van der Waals surface area contributed by atoms with Gasteiger partial charge in [0.25, 0.3) is 11.1 Å². The highest BCUT2D eigenvalue weighted by Gasteiger charge is 2.36. The summed E-state index contributed by atoms with van der Waals surface area (Å²) in [5.74, 6) is -0.150. The number of carbonyl (C=O) groups excluding carboxylic acids is 3. The molecule has 4 aromatic rings. The normalized spacial score (nSPS) is 14.6. The number of amides is 2. The molecule has 3 aromatic carbocycles. The van der Waals surface area contributed by atoms with Crippen LogP contribution in [0, 0.1) is 0 Å². The van der Waals surface area contributed by atoms with Crippen molar-refractivity contribution in [1.29, 1.82) is 0 Å². The molecular weight excluding hydrogens is 576 g/mol. The van der Waals surface area contributed by atoms with Crippen LogP contribution in [0.25, 0.3) is 17.0 Å². The zero-order chi connectivity index (χ0) is 25.9. The average Bonchev–Trinajstić information content (AvgIpc) is 3.36. The van der Waals surface area contributed by atoms with Crippen LogP contribution in [0.1, 0.15) is 15.9 Å². The quantitative estimate of drug-likeness (QED) is 0.161. The molecular formula is C28H20BrClN2O4S. The Bertz CT molecular complexity index is 1550. The summed E-state index contributed by atoms with van der Waals surface area (Å²) in [6.45, 7) is 0.643. The van der Waals surface area contributed by atoms with Crippen LogP contribution in [0.2, 0.25) is 5.02 Å². The van der Waals surface area contributed by atoms with Gasteiger partial charge in [-0.1, -0.05) is 70.0 Å². The first-order valence-corrected chi connectivity index (χ1v) is 13.4. The molecule has 0 aliphatic carbocycles. The summed E-state index contributed by atoms with van der Waals surface area (Å²) in [6.07, 6.45) is 3.63. The Labute approximate surface area is 231 Å². The van der Waals surface area contributed by atoms with E-state index in [-0.39, 0.29) is 17.2 Å². The molecule has 0 spiro atoms. The second-order valence-electron chi connectivity index (χ2n) is 8.28. The molecule has 1 aliphatic heterocycles. The van der Waals surface area contributed by atoms with Gasteiger partial charge in [0.1, 0.15) is 12.4 Å². The monoisotopic (exact) mass is 594 g/mol. The Morgan fingerprint density at radius 3 is 2.57 bits per heavy atom. The molecule has 2 amide bonds. The van der Waals surface area contributed by atoms with Crippen molar-refractivity contribution in [3.05, 3.63) is 105 Å². The first-order valence-electron chi connectivity index (χ1n) is 11.4. The maximum absolute atomic E-state index is 13.1. The molecule has 1 saturated heterocycles. The molecule has 1 aromatic heterocycles. The highest BCUT2D eigenvalue weighted by Crippen LogP contribution is 2.35. The fourth-order valence-electron chi connectivity index (χ4n) is 4.05. The summed E-state index contributed by atoms with van der Waals surface area (Å²) in [6, 6.07) is 21.8. The number of para-hydroxylation sites is 1. The molecule has 0 saturated carbocycles. The van der Waals surface area contributed by atoms with E-state index in [1.54, 1.807) is 42.5 Å². The van der Waals surface area contributed by atoms with E-state index >= 15 is 0 Å². The van der Waals surface area contributed by atoms with Crippen LogP contribution in [0.4, 0.5) is 4.79 Å². The molecule has 37 heavy (non-hydrogen) atoms. The molecule has 9 heteroatoms. The molecule has 0 N–H and O–H groups in total. The minimum Gasteiger partial charge on any atom is -0.490 e. The van der Waals surface area contributed by atoms with E-state index in [1.165, 1.54) is 0 Å². The van der Waals surface area contributed by atoms with E-state index in [4.69, 9.17) is 16.3 Å². The second kappa shape index (κ2) is 11.0. The third-order valence-electron chi connectivity index (χ3n) is 5.86. The number of carbonyl (C=O) groups is 3. The Hall–Kier alpha value is -3.33. The van der Waals surface area contributed by atoms with Crippen LogP contribution in [0.15, 0.2) is 88.4 Å².